The van der Waals surface area contributed by atoms with Gasteiger partial charge in [0.1, 0.15) is 5.82 Å². The molecule has 0 aliphatic rings. The lowest BCUT2D eigenvalue weighted by molar-refractivity contribution is 1.04. The van der Waals surface area contributed by atoms with Crippen LogP contribution >= 0.6 is 15.9 Å². The molecule has 0 atom stereocenters. The van der Waals surface area contributed by atoms with Crippen LogP contribution in [0.3, 0.4) is 0 Å². The number of hydrogen-bond donors (Lipinski definition) is 1. The summed E-state index contributed by atoms with van der Waals surface area (Å²) >= 11 is 3.33. The summed E-state index contributed by atoms with van der Waals surface area (Å²) in [5.74, 6) is 0.786. The van der Waals surface area contributed by atoms with Crippen molar-refractivity contribution in [2.45, 2.75) is 0 Å². The maximum atomic E-state index is 5.85. The molecular formula is C12H9BrN4. The number of nitrogens with zero attached hydrogens (tertiary/aromatic N) is 3. The van der Waals surface area contributed by atoms with Crippen molar-refractivity contribution in [3.8, 4) is 5.82 Å². The molecule has 0 aliphatic carbocycles. The van der Waals surface area contributed by atoms with E-state index in [-0.39, 0.29) is 0 Å². The van der Waals surface area contributed by atoms with Crippen LogP contribution in [0, 0.1) is 0 Å². The van der Waals surface area contributed by atoms with E-state index in [9.17, 15) is 0 Å². The van der Waals surface area contributed by atoms with Crippen LogP contribution in [0.5, 0.6) is 0 Å². The predicted octanol–water partition coefficient (Wildman–Crippen LogP) is 2.77. The second kappa shape index (κ2) is 3.85. The summed E-state index contributed by atoms with van der Waals surface area (Å²) in [6.45, 7) is 0. The summed E-state index contributed by atoms with van der Waals surface area (Å²) in [6, 6.07) is 5.82. The van der Waals surface area contributed by atoms with Crippen molar-refractivity contribution >= 4 is 32.5 Å². The van der Waals surface area contributed by atoms with Crippen LogP contribution in [0.4, 0.5) is 5.69 Å². The van der Waals surface area contributed by atoms with E-state index < -0.39 is 0 Å². The Morgan fingerprint density at radius 3 is 2.94 bits per heavy atom. The molecule has 0 saturated heterocycles. The van der Waals surface area contributed by atoms with Crippen molar-refractivity contribution in [2.75, 3.05) is 5.73 Å². The molecule has 0 saturated carbocycles. The first kappa shape index (κ1) is 10.3. The first-order valence-electron chi connectivity index (χ1n) is 5.08. The van der Waals surface area contributed by atoms with Crippen LogP contribution in [-0.4, -0.2) is 14.5 Å². The number of hydrogen-bond acceptors (Lipinski definition) is 3. The van der Waals surface area contributed by atoms with Crippen LogP contribution in [0.15, 0.2) is 47.5 Å². The first-order chi connectivity index (χ1) is 8.25. The Bertz CT molecular complexity index is 690. The van der Waals surface area contributed by atoms with Gasteiger partial charge in [0, 0.05) is 30.0 Å². The quantitative estimate of drug-likeness (QED) is 0.749. The molecule has 0 aliphatic heterocycles. The highest BCUT2D eigenvalue weighted by Gasteiger charge is 2.05. The van der Waals surface area contributed by atoms with Crippen LogP contribution < -0.4 is 5.73 Å². The zero-order valence-electron chi connectivity index (χ0n) is 8.84. The molecule has 3 aromatic heterocycles. The maximum absolute atomic E-state index is 5.85. The molecule has 0 unspecified atom stereocenters. The fourth-order valence-electron chi connectivity index (χ4n) is 1.75. The number of nitrogens with two attached hydrogens (primary N) is 1. The summed E-state index contributed by atoms with van der Waals surface area (Å²) in [6.07, 6.45) is 7.25. The van der Waals surface area contributed by atoms with Crippen molar-refractivity contribution in [3.05, 3.63) is 47.5 Å². The lowest BCUT2D eigenvalue weighted by atomic mass is 10.3. The van der Waals surface area contributed by atoms with Gasteiger partial charge < -0.3 is 5.73 Å². The van der Waals surface area contributed by atoms with E-state index in [1.165, 1.54) is 0 Å². The molecule has 2 N–H and O–H groups in total. The molecule has 4 nitrogen and oxygen atoms in total. The number of anilines is 1. The van der Waals surface area contributed by atoms with Gasteiger partial charge in [0.15, 0.2) is 0 Å². The van der Waals surface area contributed by atoms with E-state index in [1.54, 1.807) is 12.4 Å². The average molecular weight is 289 g/mol. The SMILES string of the molecule is Nc1cc(-n2ccc3ccncc32)ncc1Br. The monoisotopic (exact) mass is 288 g/mol. The Balaban J connectivity index is 2.24. The molecule has 0 amide bonds. The van der Waals surface area contributed by atoms with Gasteiger partial charge in [0.05, 0.1) is 21.9 Å². The summed E-state index contributed by atoms with van der Waals surface area (Å²) in [7, 11) is 0. The topological polar surface area (TPSA) is 56.7 Å². The van der Waals surface area contributed by atoms with E-state index in [1.807, 2.05) is 35.2 Å². The normalized spacial score (nSPS) is 10.9. The summed E-state index contributed by atoms with van der Waals surface area (Å²) in [5, 5.41) is 1.13. The zero-order chi connectivity index (χ0) is 11.8. The standard InChI is InChI=1S/C12H9BrN4/c13-9-6-16-12(5-10(9)14)17-4-2-8-1-3-15-7-11(8)17/h1-7H,(H2,14,16). The van der Waals surface area contributed by atoms with Gasteiger partial charge in [0.25, 0.3) is 0 Å². The van der Waals surface area contributed by atoms with Gasteiger partial charge in [-0.25, -0.2) is 4.98 Å². The highest BCUT2D eigenvalue weighted by atomic mass is 79.9. The predicted molar refractivity (Wildman–Crippen MR) is 71.0 cm³/mol. The number of nitrogen functional groups attached to an aromatic ring is 1. The lowest BCUT2D eigenvalue weighted by Crippen LogP contribution is -1.98. The average Bonchev–Trinajstić information content (AvgIpc) is 2.76. The molecule has 0 spiro atoms. The number of rotatable bonds is 1. The van der Waals surface area contributed by atoms with Crippen molar-refractivity contribution in [2.24, 2.45) is 0 Å². The van der Waals surface area contributed by atoms with Gasteiger partial charge in [-0.1, -0.05) is 0 Å². The van der Waals surface area contributed by atoms with E-state index in [0.717, 1.165) is 21.2 Å². The minimum Gasteiger partial charge on any atom is -0.398 e. The summed E-state index contributed by atoms with van der Waals surface area (Å²) in [5.41, 5.74) is 7.54. The zero-order valence-corrected chi connectivity index (χ0v) is 10.4. The summed E-state index contributed by atoms with van der Waals surface area (Å²) < 4.78 is 2.77. The fourth-order valence-corrected chi connectivity index (χ4v) is 1.97. The highest BCUT2D eigenvalue weighted by molar-refractivity contribution is 9.10. The second-order valence-electron chi connectivity index (χ2n) is 3.68. The van der Waals surface area contributed by atoms with Gasteiger partial charge in [-0.3, -0.25) is 9.55 Å². The van der Waals surface area contributed by atoms with Crippen LogP contribution in [0.1, 0.15) is 0 Å². The molecule has 3 aromatic rings. The van der Waals surface area contributed by atoms with Crippen LogP contribution in [-0.2, 0) is 0 Å². The third-order valence-electron chi connectivity index (χ3n) is 2.61. The molecule has 0 fully saturated rings. The summed E-state index contributed by atoms with van der Waals surface area (Å²) in [4.78, 5) is 8.46. The van der Waals surface area contributed by atoms with E-state index in [0.29, 0.717) is 5.69 Å². The molecule has 3 heterocycles. The number of aromatic nitrogens is 3. The number of halogens is 1. The van der Waals surface area contributed by atoms with E-state index in [4.69, 9.17) is 5.73 Å². The highest BCUT2D eigenvalue weighted by Crippen LogP contribution is 2.23. The third kappa shape index (κ3) is 1.68. The Labute approximate surface area is 106 Å². The first-order valence-corrected chi connectivity index (χ1v) is 5.87. The minimum atomic E-state index is 0.667. The molecule has 0 aromatic carbocycles. The number of fused-ring (bicyclic) bond motifs is 1. The maximum Gasteiger partial charge on any atom is 0.139 e. The van der Waals surface area contributed by atoms with Crippen LogP contribution in [0.25, 0.3) is 16.7 Å². The lowest BCUT2D eigenvalue weighted by Gasteiger charge is -2.05. The van der Waals surface area contributed by atoms with E-state index >= 15 is 0 Å². The van der Waals surface area contributed by atoms with Gasteiger partial charge >= 0.3 is 0 Å². The third-order valence-corrected chi connectivity index (χ3v) is 3.28. The minimum absolute atomic E-state index is 0.667. The van der Waals surface area contributed by atoms with Gasteiger partial charge in [-0.05, 0) is 28.1 Å². The smallest absolute Gasteiger partial charge is 0.139 e. The molecule has 0 bridgehead atoms. The second-order valence-corrected chi connectivity index (χ2v) is 4.54. The van der Waals surface area contributed by atoms with Crippen LogP contribution in [0.2, 0.25) is 0 Å². The molecule has 0 radical (unpaired) electrons. The van der Waals surface area contributed by atoms with Crippen molar-refractivity contribution in [1.29, 1.82) is 0 Å². The molecule has 5 heteroatoms. The van der Waals surface area contributed by atoms with E-state index in [2.05, 4.69) is 25.9 Å². The molecule has 17 heavy (non-hydrogen) atoms. The molecular weight excluding hydrogens is 280 g/mol. The van der Waals surface area contributed by atoms with Gasteiger partial charge in [-0.15, -0.1) is 0 Å². The van der Waals surface area contributed by atoms with Gasteiger partial charge in [0.2, 0.25) is 0 Å². The van der Waals surface area contributed by atoms with Gasteiger partial charge in [-0.2, -0.15) is 0 Å². The Hall–Kier alpha value is -1.88. The fraction of sp³-hybridized carbons (Fsp3) is 0. The van der Waals surface area contributed by atoms with Crippen molar-refractivity contribution < 1.29 is 0 Å². The molecule has 3 rings (SSSR count). The Morgan fingerprint density at radius 2 is 2.12 bits per heavy atom. The number of pyridine rings is 2. The Kier molecular flexibility index (Phi) is 2.33. The van der Waals surface area contributed by atoms with Crippen molar-refractivity contribution in [1.82, 2.24) is 14.5 Å². The largest absolute Gasteiger partial charge is 0.398 e. The Morgan fingerprint density at radius 1 is 1.24 bits per heavy atom. The van der Waals surface area contributed by atoms with Crippen molar-refractivity contribution in [3.63, 3.8) is 0 Å². The molecule has 84 valence electrons.